The second-order valence-electron chi connectivity index (χ2n) is 4.64. The van der Waals surface area contributed by atoms with Gasteiger partial charge in [-0.2, -0.15) is 0 Å². The van der Waals surface area contributed by atoms with Gasteiger partial charge >= 0.3 is 0 Å². The molecular weight excluding hydrogens is 233 g/mol. The highest BCUT2D eigenvalue weighted by molar-refractivity contribution is 5.94. The number of nitrogens with one attached hydrogen (secondary N) is 1. The minimum atomic E-state index is -0.286. The maximum Gasteiger partial charge on any atom is 0.251 e. The summed E-state index contributed by atoms with van der Waals surface area (Å²) in [5.41, 5.74) is 0.989. The number of aryl methyl sites for hydroxylation is 1. The molecule has 1 fully saturated rings. The van der Waals surface area contributed by atoms with Crippen molar-refractivity contribution in [3.8, 4) is 0 Å². The lowest BCUT2D eigenvalue weighted by molar-refractivity contribution is 0.0907. The predicted molar refractivity (Wildman–Crippen MR) is 67.1 cm³/mol. The first-order valence-corrected chi connectivity index (χ1v) is 6.33. The van der Waals surface area contributed by atoms with Crippen LogP contribution in [-0.2, 0) is 4.74 Å². The van der Waals surface area contributed by atoms with Crippen LogP contribution in [0.3, 0.4) is 0 Å². The van der Waals surface area contributed by atoms with Gasteiger partial charge in [0.15, 0.2) is 0 Å². The number of amides is 1. The second kappa shape index (κ2) is 5.96. The zero-order valence-corrected chi connectivity index (χ0v) is 10.5. The van der Waals surface area contributed by atoms with Crippen LogP contribution in [0.4, 0.5) is 4.39 Å². The SMILES string of the molecule is Cc1cc(C(=O)NCCC2CCCO2)ccc1F. The molecule has 0 radical (unpaired) electrons. The van der Waals surface area contributed by atoms with Crippen LogP contribution in [-0.4, -0.2) is 25.2 Å². The highest BCUT2D eigenvalue weighted by Gasteiger charge is 2.15. The predicted octanol–water partition coefficient (Wildman–Crippen LogP) is 2.43. The van der Waals surface area contributed by atoms with Crippen molar-refractivity contribution in [2.75, 3.05) is 13.2 Å². The van der Waals surface area contributed by atoms with Gasteiger partial charge in [-0.05, 0) is 49.9 Å². The molecule has 2 rings (SSSR count). The first kappa shape index (κ1) is 13.0. The Labute approximate surface area is 106 Å². The summed E-state index contributed by atoms with van der Waals surface area (Å²) >= 11 is 0. The summed E-state index contributed by atoms with van der Waals surface area (Å²) in [6.45, 7) is 3.08. The van der Waals surface area contributed by atoms with E-state index in [1.165, 1.54) is 12.1 Å². The Morgan fingerprint density at radius 2 is 2.39 bits per heavy atom. The summed E-state index contributed by atoms with van der Waals surface area (Å²) in [6.07, 6.45) is 3.30. The summed E-state index contributed by atoms with van der Waals surface area (Å²) < 4.78 is 18.5. The first-order valence-electron chi connectivity index (χ1n) is 6.33. The topological polar surface area (TPSA) is 38.3 Å². The van der Waals surface area contributed by atoms with Crippen molar-refractivity contribution in [3.05, 3.63) is 35.1 Å². The Bertz CT molecular complexity index is 428. The standard InChI is InChI=1S/C14H18FNO2/c1-10-9-11(4-5-13(10)15)14(17)16-7-6-12-3-2-8-18-12/h4-5,9,12H,2-3,6-8H2,1H3,(H,16,17). The monoisotopic (exact) mass is 251 g/mol. The van der Waals surface area contributed by atoms with Crippen LogP contribution in [0.25, 0.3) is 0 Å². The molecule has 98 valence electrons. The lowest BCUT2D eigenvalue weighted by Gasteiger charge is -2.10. The van der Waals surface area contributed by atoms with Crippen molar-refractivity contribution in [1.29, 1.82) is 0 Å². The highest BCUT2D eigenvalue weighted by atomic mass is 19.1. The van der Waals surface area contributed by atoms with Crippen LogP contribution in [0.5, 0.6) is 0 Å². The lowest BCUT2D eigenvalue weighted by atomic mass is 10.1. The Kier molecular flexibility index (Phi) is 4.31. The van der Waals surface area contributed by atoms with E-state index in [4.69, 9.17) is 4.74 Å². The van der Waals surface area contributed by atoms with Crippen molar-refractivity contribution in [3.63, 3.8) is 0 Å². The third kappa shape index (κ3) is 3.29. The molecule has 1 heterocycles. The molecule has 1 saturated heterocycles. The molecular formula is C14H18FNO2. The van der Waals surface area contributed by atoms with Gasteiger partial charge in [-0.1, -0.05) is 0 Å². The zero-order valence-electron chi connectivity index (χ0n) is 10.5. The van der Waals surface area contributed by atoms with Crippen molar-refractivity contribution < 1.29 is 13.9 Å². The summed E-state index contributed by atoms with van der Waals surface area (Å²) in [5.74, 6) is -0.443. The Morgan fingerprint density at radius 1 is 1.56 bits per heavy atom. The molecule has 0 aliphatic carbocycles. The van der Waals surface area contributed by atoms with E-state index in [0.717, 1.165) is 25.9 Å². The van der Waals surface area contributed by atoms with Gasteiger partial charge in [0.2, 0.25) is 0 Å². The molecule has 1 aliphatic heterocycles. The minimum absolute atomic E-state index is 0.156. The number of rotatable bonds is 4. The van der Waals surface area contributed by atoms with Crippen LogP contribution in [0.15, 0.2) is 18.2 Å². The number of hydrogen-bond donors (Lipinski definition) is 1. The Hall–Kier alpha value is -1.42. The average molecular weight is 251 g/mol. The van der Waals surface area contributed by atoms with E-state index in [-0.39, 0.29) is 17.8 Å². The van der Waals surface area contributed by atoms with Gasteiger partial charge in [-0.3, -0.25) is 4.79 Å². The van der Waals surface area contributed by atoms with E-state index in [1.54, 1.807) is 13.0 Å². The largest absolute Gasteiger partial charge is 0.378 e. The van der Waals surface area contributed by atoms with E-state index in [1.807, 2.05) is 0 Å². The van der Waals surface area contributed by atoms with Gasteiger partial charge in [0, 0.05) is 18.7 Å². The van der Waals surface area contributed by atoms with Crippen LogP contribution in [0.2, 0.25) is 0 Å². The van der Waals surface area contributed by atoms with Crippen LogP contribution < -0.4 is 5.32 Å². The van der Waals surface area contributed by atoms with Crippen molar-refractivity contribution in [2.24, 2.45) is 0 Å². The number of carbonyl (C=O) groups excluding carboxylic acids is 1. The number of carbonyl (C=O) groups is 1. The third-order valence-corrected chi connectivity index (χ3v) is 3.20. The van der Waals surface area contributed by atoms with Crippen LogP contribution in [0, 0.1) is 12.7 Å². The minimum Gasteiger partial charge on any atom is -0.378 e. The van der Waals surface area contributed by atoms with Crippen molar-refractivity contribution >= 4 is 5.91 Å². The molecule has 3 nitrogen and oxygen atoms in total. The molecule has 1 N–H and O–H groups in total. The molecule has 18 heavy (non-hydrogen) atoms. The fourth-order valence-corrected chi connectivity index (χ4v) is 2.11. The molecule has 0 aromatic heterocycles. The van der Waals surface area contributed by atoms with E-state index in [9.17, 15) is 9.18 Å². The fraction of sp³-hybridized carbons (Fsp3) is 0.500. The second-order valence-corrected chi connectivity index (χ2v) is 4.64. The first-order chi connectivity index (χ1) is 8.66. The number of hydrogen-bond acceptors (Lipinski definition) is 2. The Balaban J connectivity index is 1.81. The Morgan fingerprint density at radius 3 is 3.06 bits per heavy atom. The molecule has 4 heteroatoms. The number of benzene rings is 1. The summed E-state index contributed by atoms with van der Waals surface area (Å²) in [6, 6.07) is 4.39. The van der Waals surface area contributed by atoms with Gasteiger partial charge in [0.05, 0.1) is 6.10 Å². The lowest BCUT2D eigenvalue weighted by Crippen LogP contribution is -2.27. The molecule has 0 spiro atoms. The van der Waals surface area contributed by atoms with Gasteiger partial charge in [0.1, 0.15) is 5.82 Å². The normalized spacial score (nSPS) is 18.9. The zero-order chi connectivity index (χ0) is 13.0. The van der Waals surface area contributed by atoms with E-state index < -0.39 is 0 Å². The summed E-state index contributed by atoms with van der Waals surface area (Å²) in [5, 5.41) is 2.83. The maximum absolute atomic E-state index is 13.1. The molecule has 1 unspecified atom stereocenters. The van der Waals surface area contributed by atoms with Gasteiger partial charge in [0.25, 0.3) is 5.91 Å². The molecule has 1 aromatic rings. The fourth-order valence-electron chi connectivity index (χ4n) is 2.11. The van der Waals surface area contributed by atoms with E-state index >= 15 is 0 Å². The van der Waals surface area contributed by atoms with Crippen molar-refractivity contribution in [1.82, 2.24) is 5.32 Å². The molecule has 1 aromatic carbocycles. The molecule has 1 aliphatic rings. The highest BCUT2D eigenvalue weighted by Crippen LogP contribution is 2.14. The molecule has 0 bridgehead atoms. The smallest absolute Gasteiger partial charge is 0.251 e. The number of halogens is 1. The third-order valence-electron chi connectivity index (χ3n) is 3.20. The van der Waals surface area contributed by atoms with E-state index in [0.29, 0.717) is 17.7 Å². The van der Waals surface area contributed by atoms with Crippen molar-refractivity contribution in [2.45, 2.75) is 32.3 Å². The average Bonchev–Trinajstić information content (AvgIpc) is 2.85. The maximum atomic E-state index is 13.1. The van der Waals surface area contributed by atoms with Gasteiger partial charge in [-0.25, -0.2) is 4.39 Å². The number of ether oxygens (including phenoxy) is 1. The van der Waals surface area contributed by atoms with Crippen LogP contribution in [0.1, 0.15) is 35.2 Å². The van der Waals surface area contributed by atoms with Gasteiger partial charge < -0.3 is 10.1 Å². The summed E-state index contributed by atoms with van der Waals surface area (Å²) in [4.78, 5) is 11.8. The van der Waals surface area contributed by atoms with E-state index in [2.05, 4.69) is 5.32 Å². The molecule has 1 amide bonds. The molecule has 1 atom stereocenters. The molecule has 0 saturated carbocycles. The quantitative estimate of drug-likeness (QED) is 0.892. The summed E-state index contributed by atoms with van der Waals surface area (Å²) in [7, 11) is 0. The van der Waals surface area contributed by atoms with Gasteiger partial charge in [-0.15, -0.1) is 0 Å². The van der Waals surface area contributed by atoms with Crippen LogP contribution >= 0.6 is 0 Å².